The molecule has 34 valence electrons. The zero-order valence-corrected chi connectivity index (χ0v) is 8.88. The number of terminal acetylenes is 1. The Bertz CT molecular complexity index is 56.8. The summed E-state index contributed by atoms with van der Waals surface area (Å²) in [6, 6.07) is 0. The fraction of sp³-hybridized carbons (Fsp3) is 0. The molecule has 0 aliphatic carbocycles. The first-order valence-corrected chi connectivity index (χ1v) is 0.946. The Balaban J connectivity index is -0.0000000183. The van der Waals surface area contributed by atoms with Gasteiger partial charge in [0.15, 0.2) is 0 Å². The molecule has 0 bridgehead atoms. The van der Waals surface area contributed by atoms with Gasteiger partial charge in [-0.2, -0.15) is 0 Å². The van der Waals surface area contributed by atoms with Gasteiger partial charge in [-0.1, -0.05) is 0 Å². The molecule has 0 N–H and O–H groups in total. The fourth-order valence-corrected chi connectivity index (χ4v) is 0. The van der Waals surface area contributed by atoms with E-state index in [0.717, 1.165) is 0 Å². The van der Waals surface area contributed by atoms with Gasteiger partial charge in [0.05, 0.1) is 0 Å². The maximum atomic E-state index is 8.33. The van der Waals surface area contributed by atoms with Crippen molar-refractivity contribution in [1.29, 1.82) is 0 Å². The summed E-state index contributed by atoms with van der Waals surface area (Å²) in [7, 11) is 0. The van der Waals surface area contributed by atoms with Crippen LogP contribution in [-0.4, -0.2) is 6.16 Å². The molecule has 0 aromatic rings. The maximum Gasteiger partial charge on any atom is 1.00 e. The predicted octanol–water partition coefficient (Wildman–Crippen LogP) is -8.19. The molecule has 0 spiro atoms. The molecule has 0 saturated heterocycles. The van der Waals surface area contributed by atoms with E-state index < -0.39 is 6.16 Å². The van der Waals surface area contributed by atoms with Crippen molar-refractivity contribution in [2.24, 2.45) is 0 Å². The summed E-state index contributed by atoms with van der Waals surface area (Å²) in [5.74, 6) is 0. The SMILES string of the molecule is C#C.O=C([O-])[O-].[Na+].[Na+]. The molecule has 3 nitrogen and oxygen atoms in total. The van der Waals surface area contributed by atoms with Crippen molar-refractivity contribution in [3.63, 3.8) is 0 Å². The fourth-order valence-electron chi connectivity index (χ4n) is 0. The van der Waals surface area contributed by atoms with Crippen molar-refractivity contribution in [3.8, 4) is 12.8 Å². The third-order valence-corrected chi connectivity index (χ3v) is 0. The first-order chi connectivity index (χ1) is 2.73. The normalized spacial score (nSPS) is 3.25. The van der Waals surface area contributed by atoms with E-state index >= 15 is 0 Å². The van der Waals surface area contributed by atoms with Crippen molar-refractivity contribution < 1.29 is 74.1 Å². The molecular weight excluding hydrogens is 130 g/mol. The molecule has 0 radical (unpaired) electrons. The van der Waals surface area contributed by atoms with Crippen LogP contribution in [0.3, 0.4) is 0 Å². The average Bonchev–Trinajstić information content (AvgIpc) is 1.41. The minimum Gasteiger partial charge on any atom is -0.652 e. The van der Waals surface area contributed by atoms with E-state index in [-0.39, 0.29) is 59.1 Å². The van der Waals surface area contributed by atoms with Gasteiger partial charge in [0.1, 0.15) is 0 Å². The molecule has 0 fully saturated rings. The van der Waals surface area contributed by atoms with Crippen molar-refractivity contribution in [3.05, 3.63) is 0 Å². The second-order valence-electron chi connectivity index (χ2n) is 0.250. The quantitative estimate of drug-likeness (QED) is 0.243. The largest absolute Gasteiger partial charge is 1.00 e. The van der Waals surface area contributed by atoms with Crippen LogP contribution in [0.4, 0.5) is 4.79 Å². The third kappa shape index (κ3) is 337. The molecule has 0 aliphatic heterocycles. The number of carbonyl (C=O) groups excluding carboxylic acids is 1. The Morgan fingerprint density at radius 3 is 1.12 bits per heavy atom. The van der Waals surface area contributed by atoms with Gasteiger partial charge in [-0.15, -0.1) is 12.8 Å². The molecule has 0 amide bonds. The standard InChI is InChI=1S/C2H2.CH2O3.2Na/c1-2;2-1(3)4;;/h1-2H;(H2,2,3,4);;/q;;2*+1/p-2. The van der Waals surface area contributed by atoms with Gasteiger partial charge in [-0.3, -0.25) is 0 Å². The Morgan fingerprint density at radius 1 is 1.12 bits per heavy atom. The van der Waals surface area contributed by atoms with Crippen LogP contribution in [0.25, 0.3) is 0 Å². The Kier molecular flexibility index (Phi) is 72.2. The molecule has 0 aliphatic rings. The van der Waals surface area contributed by atoms with Crippen molar-refractivity contribution in [2.45, 2.75) is 0 Å². The van der Waals surface area contributed by atoms with Gasteiger partial charge in [-0.05, 0) is 6.16 Å². The third-order valence-electron chi connectivity index (χ3n) is 0. The summed E-state index contributed by atoms with van der Waals surface area (Å²) in [6.07, 6.45) is 5.67. The first-order valence-electron chi connectivity index (χ1n) is 0.946. The van der Waals surface area contributed by atoms with Gasteiger partial charge in [-0.25, -0.2) is 0 Å². The summed E-state index contributed by atoms with van der Waals surface area (Å²) in [4.78, 5) is 8.33. The van der Waals surface area contributed by atoms with Crippen LogP contribution in [0.5, 0.6) is 0 Å². The van der Waals surface area contributed by atoms with Gasteiger partial charge >= 0.3 is 59.1 Å². The van der Waals surface area contributed by atoms with Crippen LogP contribution < -0.4 is 69.3 Å². The number of hydrogen-bond acceptors (Lipinski definition) is 3. The number of carbonyl (C=O) groups is 1. The molecule has 5 heteroatoms. The molecule has 0 atom stereocenters. The smallest absolute Gasteiger partial charge is 0.652 e. The van der Waals surface area contributed by atoms with Gasteiger partial charge in [0.2, 0.25) is 0 Å². The second-order valence-corrected chi connectivity index (χ2v) is 0.250. The average molecular weight is 132 g/mol. The number of rotatable bonds is 0. The zero-order chi connectivity index (χ0) is 5.58. The molecule has 0 unspecified atom stereocenters. The van der Waals surface area contributed by atoms with Gasteiger partial charge < -0.3 is 15.0 Å². The van der Waals surface area contributed by atoms with Gasteiger partial charge in [0.25, 0.3) is 0 Å². The van der Waals surface area contributed by atoms with E-state index in [1.807, 2.05) is 0 Å². The number of carboxylic acid groups (broad SMARTS) is 2. The Morgan fingerprint density at radius 2 is 1.12 bits per heavy atom. The molecule has 0 heterocycles. The van der Waals surface area contributed by atoms with E-state index in [4.69, 9.17) is 15.0 Å². The minimum atomic E-state index is -2.33. The minimum absolute atomic E-state index is 0. The first kappa shape index (κ1) is 23.2. The van der Waals surface area contributed by atoms with E-state index in [1.54, 1.807) is 0 Å². The zero-order valence-electron chi connectivity index (χ0n) is 4.88. The summed E-state index contributed by atoms with van der Waals surface area (Å²) in [6.45, 7) is 0. The van der Waals surface area contributed by atoms with E-state index in [9.17, 15) is 0 Å². The monoisotopic (exact) mass is 132 g/mol. The van der Waals surface area contributed by atoms with Crippen LogP contribution in [0.1, 0.15) is 0 Å². The van der Waals surface area contributed by atoms with Crippen LogP contribution >= 0.6 is 0 Å². The van der Waals surface area contributed by atoms with Crippen LogP contribution in [0.2, 0.25) is 0 Å². The topological polar surface area (TPSA) is 63.2 Å². The second kappa shape index (κ2) is 24.9. The Hall–Kier alpha value is 0.830. The Labute approximate surface area is 92.1 Å². The molecule has 8 heavy (non-hydrogen) atoms. The molecular formula is C3H2Na2O3. The summed E-state index contributed by atoms with van der Waals surface area (Å²) in [5.41, 5.74) is 0. The van der Waals surface area contributed by atoms with E-state index in [1.165, 1.54) is 0 Å². The van der Waals surface area contributed by atoms with Crippen LogP contribution in [-0.2, 0) is 0 Å². The van der Waals surface area contributed by atoms with Crippen LogP contribution in [0.15, 0.2) is 0 Å². The molecule has 0 aromatic heterocycles. The van der Waals surface area contributed by atoms with Crippen molar-refractivity contribution in [1.82, 2.24) is 0 Å². The predicted molar refractivity (Wildman–Crippen MR) is 15.3 cm³/mol. The summed E-state index contributed by atoms with van der Waals surface area (Å²) in [5, 5.41) is 16.7. The van der Waals surface area contributed by atoms with E-state index in [0.29, 0.717) is 0 Å². The maximum absolute atomic E-state index is 8.33. The number of hydrogen-bond donors (Lipinski definition) is 0. The summed E-state index contributed by atoms with van der Waals surface area (Å²) >= 11 is 0. The molecule has 0 rings (SSSR count). The van der Waals surface area contributed by atoms with Crippen molar-refractivity contribution in [2.75, 3.05) is 0 Å². The molecule has 0 aromatic carbocycles. The summed E-state index contributed by atoms with van der Waals surface area (Å²) < 4.78 is 0. The van der Waals surface area contributed by atoms with Gasteiger partial charge in [0, 0.05) is 0 Å². The molecule has 0 saturated carbocycles. The van der Waals surface area contributed by atoms with Crippen molar-refractivity contribution >= 4 is 6.16 Å². The van der Waals surface area contributed by atoms with Crippen LogP contribution in [0, 0.1) is 12.8 Å². The van der Waals surface area contributed by atoms with E-state index in [2.05, 4.69) is 12.8 Å².